The number of hydrogen-bond donors (Lipinski definition) is 7. The highest BCUT2D eigenvalue weighted by molar-refractivity contribution is 6.43. The first kappa shape index (κ1) is 52.4. The summed E-state index contributed by atoms with van der Waals surface area (Å²) in [6, 6.07) is 22.1. The first-order valence-corrected chi connectivity index (χ1v) is 24.9. The van der Waals surface area contributed by atoms with Gasteiger partial charge in [-0.3, -0.25) is 39.4 Å². The molecule has 6 amide bonds. The number of carbonyl (C=O) groups is 6. The fraction of sp³-hybridized carbons (Fsp3) is 0.444. The van der Waals surface area contributed by atoms with Crippen LogP contribution in [0.25, 0.3) is 0 Å². The normalized spacial score (nSPS) is 20.1. The Kier molecular flexibility index (Phi) is 17.8. The molecule has 17 heteroatoms. The van der Waals surface area contributed by atoms with Crippen molar-refractivity contribution < 1.29 is 44.1 Å². The molecule has 6 aliphatic rings. The number of rotatable bonds is 8. The number of nitrogens with one attached hydrogen (secondary N) is 4. The minimum atomic E-state index is -0.530. The number of phenolic OH excluding ortho intramolecular Hbond substituents is 3. The van der Waals surface area contributed by atoms with Crippen LogP contribution in [0.5, 0.6) is 17.2 Å². The molecule has 4 aromatic carbocycles. The maximum absolute atomic E-state index is 12.3. The minimum Gasteiger partial charge on any atom is -0.509 e. The van der Waals surface area contributed by atoms with E-state index in [1.807, 2.05) is 38.1 Å². The molecule has 71 heavy (non-hydrogen) atoms. The standard InChI is InChI=1S/2C14H14N2O3.C13H17B2NO3.C13H19N/c2*1-8-2-3-10-9(6-8)7-16(14(10)19)11-4-5-12(17)15-13(11)18;14-9-8(6-16-7-4-2-1-3-5-7)11(17)13(19)10(15)12(9)18;1-3-7-12(8-4-1)11-14-13-9-5-2-6-10-13/h2*2-3,6,11H,4-5,7H2,1H3,(H,15,17,18);7,16-19H,1-6H2;1,3-4,7-8,13-14H,2,5-6,9-11H2. The van der Waals surface area contributed by atoms with E-state index in [2.05, 4.69) is 51.6 Å². The summed E-state index contributed by atoms with van der Waals surface area (Å²) in [5.41, 5.74) is 6.82. The minimum absolute atomic E-state index is 0.0103. The molecule has 7 N–H and O–H groups in total. The van der Waals surface area contributed by atoms with Crippen molar-refractivity contribution in [3.8, 4) is 17.2 Å². The van der Waals surface area contributed by atoms with Crippen molar-refractivity contribution in [3.63, 3.8) is 0 Å². The van der Waals surface area contributed by atoms with Crippen molar-refractivity contribution in [2.45, 2.75) is 154 Å². The Balaban J connectivity index is 0.000000140. The van der Waals surface area contributed by atoms with Gasteiger partial charge in [-0.2, -0.15) is 0 Å². The van der Waals surface area contributed by atoms with Crippen molar-refractivity contribution >= 4 is 62.1 Å². The van der Waals surface area contributed by atoms with Crippen LogP contribution >= 0.6 is 0 Å². The fourth-order valence-electron chi connectivity index (χ4n) is 10.1. The van der Waals surface area contributed by atoms with Gasteiger partial charge in [0.05, 0.1) is 0 Å². The lowest BCUT2D eigenvalue weighted by Crippen LogP contribution is -2.52. The predicted octanol–water partition coefficient (Wildman–Crippen LogP) is 4.43. The van der Waals surface area contributed by atoms with E-state index < -0.39 is 17.8 Å². The van der Waals surface area contributed by atoms with Crippen LogP contribution in [0, 0.1) is 13.8 Å². The largest absolute Gasteiger partial charge is 0.509 e. The lowest BCUT2D eigenvalue weighted by Gasteiger charge is -2.29. The van der Waals surface area contributed by atoms with Crippen LogP contribution in [0.1, 0.15) is 144 Å². The monoisotopic (exact) mass is 962 g/mol. The number of aromatic hydroxyl groups is 3. The number of carbonyl (C=O) groups excluding carboxylic acids is 6. The summed E-state index contributed by atoms with van der Waals surface area (Å²) in [7, 11) is 11.2. The number of aryl methyl sites for hydroxylation is 2. The zero-order valence-corrected chi connectivity index (χ0v) is 40.7. The third kappa shape index (κ3) is 13.1. The van der Waals surface area contributed by atoms with Gasteiger partial charge in [-0.15, -0.1) is 0 Å². The van der Waals surface area contributed by atoms with Crippen LogP contribution in [0.4, 0.5) is 0 Å². The fourth-order valence-corrected chi connectivity index (χ4v) is 10.1. The molecule has 4 aromatic rings. The van der Waals surface area contributed by atoms with E-state index in [1.165, 1.54) is 56.9 Å². The van der Waals surface area contributed by atoms with Crippen molar-refractivity contribution in [1.29, 1.82) is 0 Å². The maximum Gasteiger partial charge on any atom is 0.255 e. The molecule has 2 saturated heterocycles. The Morgan fingerprint density at radius 3 is 1.45 bits per heavy atom. The Hall–Kier alpha value is -6.45. The van der Waals surface area contributed by atoms with Gasteiger partial charge in [-0.25, -0.2) is 0 Å². The summed E-state index contributed by atoms with van der Waals surface area (Å²) in [6.45, 7) is 6.16. The first-order valence-electron chi connectivity index (χ1n) is 24.9. The third-order valence-electron chi connectivity index (χ3n) is 14.2. The van der Waals surface area contributed by atoms with E-state index in [1.54, 1.807) is 21.9 Å². The van der Waals surface area contributed by atoms with Gasteiger partial charge in [0.25, 0.3) is 11.8 Å². The van der Waals surface area contributed by atoms with Crippen LogP contribution in [0.3, 0.4) is 0 Å². The molecule has 2 unspecified atom stereocenters. The van der Waals surface area contributed by atoms with E-state index in [-0.39, 0.29) is 76.3 Å². The van der Waals surface area contributed by atoms with Gasteiger partial charge in [-0.1, -0.05) is 104 Å². The zero-order valence-electron chi connectivity index (χ0n) is 40.7. The highest BCUT2D eigenvalue weighted by atomic mass is 16.3. The van der Waals surface area contributed by atoms with Crippen LogP contribution in [-0.2, 0) is 45.4 Å². The summed E-state index contributed by atoms with van der Waals surface area (Å²) < 4.78 is 0. The lowest BCUT2D eigenvalue weighted by molar-refractivity contribution is -0.138. The molecular formula is C54H64B2N6O9. The molecule has 4 heterocycles. The van der Waals surface area contributed by atoms with E-state index in [0.717, 1.165) is 47.7 Å². The highest BCUT2D eigenvalue weighted by Gasteiger charge is 2.40. The van der Waals surface area contributed by atoms with Crippen molar-refractivity contribution in [2.75, 3.05) is 0 Å². The van der Waals surface area contributed by atoms with E-state index in [9.17, 15) is 44.1 Å². The van der Waals surface area contributed by atoms with Crippen LogP contribution in [-0.4, -0.2) is 100 Å². The number of amides is 6. The summed E-state index contributed by atoms with van der Waals surface area (Å²) in [6.07, 6.45) is 14.2. The molecule has 15 nitrogen and oxygen atoms in total. The molecule has 0 bridgehead atoms. The molecule has 0 spiro atoms. The smallest absolute Gasteiger partial charge is 0.255 e. The number of benzene rings is 4. The average molecular weight is 963 g/mol. The summed E-state index contributed by atoms with van der Waals surface area (Å²) >= 11 is 0. The number of hydrogen-bond acceptors (Lipinski definition) is 11. The molecule has 2 saturated carbocycles. The Morgan fingerprint density at radius 2 is 1.00 bits per heavy atom. The number of nitrogens with zero attached hydrogens (tertiary/aromatic N) is 2. The molecule has 10 rings (SSSR count). The third-order valence-corrected chi connectivity index (χ3v) is 14.2. The number of fused-ring (bicyclic) bond motifs is 2. The van der Waals surface area contributed by atoms with Crippen LogP contribution < -0.4 is 32.2 Å². The summed E-state index contributed by atoms with van der Waals surface area (Å²) in [5, 5.41) is 40.7. The number of piperidine rings is 2. The molecule has 370 valence electrons. The molecule has 4 fully saturated rings. The molecule has 0 aromatic heterocycles. The molecule has 4 radical (unpaired) electrons. The van der Waals surface area contributed by atoms with Gasteiger partial charge in [0, 0.05) is 67.8 Å². The Bertz CT molecular complexity index is 2480. The molecule has 2 atom stereocenters. The molecule has 4 aliphatic heterocycles. The van der Waals surface area contributed by atoms with E-state index >= 15 is 0 Å². The summed E-state index contributed by atoms with van der Waals surface area (Å²) in [5.74, 6) is -2.77. The van der Waals surface area contributed by atoms with Gasteiger partial charge in [0.1, 0.15) is 33.5 Å². The van der Waals surface area contributed by atoms with Crippen LogP contribution in [0.15, 0.2) is 66.7 Å². The number of imide groups is 2. The zero-order chi connectivity index (χ0) is 50.8. The molecular weight excluding hydrogens is 898 g/mol. The Labute approximate surface area is 418 Å². The number of phenols is 3. The topological polar surface area (TPSA) is 218 Å². The van der Waals surface area contributed by atoms with Gasteiger partial charge < -0.3 is 35.8 Å². The average Bonchev–Trinajstić information content (AvgIpc) is 3.87. The lowest BCUT2D eigenvalue weighted by atomic mass is 9.80. The van der Waals surface area contributed by atoms with Gasteiger partial charge in [-0.05, 0) is 92.1 Å². The van der Waals surface area contributed by atoms with E-state index in [4.69, 9.17) is 15.7 Å². The second kappa shape index (κ2) is 24.1. The van der Waals surface area contributed by atoms with E-state index in [0.29, 0.717) is 49.6 Å². The molecule has 2 aliphatic carbocycles. The van der Waals surface area contributed by atoms with Gasteiger partial charge in [0.15, 0.2) is 11.5 Å². The quantitative estimate of drug-likeness (QED) is 0.0568. The van der Waals surface area contributed by atoms with Crippen LogP contribution in [0.2, 0.25) is 0 Å². The first-order chi connectivity index (χ1) is 34.1. The van der Waals surface area contributed by atoms with Crippen molar-refractivity contribution in [3.05, 3.63) is 111 Å². The Morgan fingerprint density at radius 1 is 0.549 bits per heavy atom. The second-order valence-electron chi connectivity index (χ2n) is 19.4. The SMILES string of the molecule is Cc1ccc2c(c1)CN(C1CCC(=O)NC1=O)C2=O.Cc1ccc2c(c1)CN(C1CCC(=O)NC1=O)C2=O.[B]c1c(O)c([B])c(CNC2CCCCC2)c(O)c1O.c1ccc(CNC2CCCCC2)cc1. The van der Waals surface area contributed by atoms with Gasteiger partial charge >= 0.3 is 0 Å². The van der Waals surface area contributed by atoms with Crippen molar-refractivity contribution in [2.24, 2.45) is 0 Å². The highest BCUT2D eigenvalue weighted by Crippen LogP contribution is 2.31. The predicted molar refractivity (Wildman–Crippen MR) is 271 cm³/mol. The van der Waals surface area contributed by atoms with Gasteiger partial charge in [0.2, 0.25) is 23.6 Å². The summed E-state index contributed by atoms with van der Waals surface area (Å²) in [4.78, 5) is 73.7. The van der Waals surface area contributed by atoms with Crippen molar-refractivity contribution in [1.82, 2.24) is 31.1 Å². The maximum atomic E-state index is 12.3. The second-order valence-corrected chi connectivity index (χ2v) is 19.4.